The molecule has 4 heteroatoms. The molecule has 0 radical (unpaired) electrons. The van der Waals surface area contributed by atoms with E-state index < -0.39 is 0 Å². The molecule has 0 aromatic carbocycles. The topological polar surface area (TPSA) is 29.0 Å². The fourth-order valence-electron chi connectivity index (χ4n) is 1.99. The monoisotopic (exact) mass is 255 g/mol. The van der Waals surface area contributed by atoms with Gasteiger partial charge in [0.05, 0.1) is 12.2 Å². The lowest BCUT2D eigenvalue weighted by molar-refractivity contribution is 0.871. The molecule has 0 amide bonds. The van der Waals surface area contributed by atoms with E-state index in [1.807, 2.05) is 37.6 Å². The lowest BCUT2D eigenvalue weighted by Gasteiger charge is -2.18. The molecule has 3 aromatic rings. The van der Waals surface area contributed by atoms with E-state index in [9.17, 15) is 0 Å². The largest absolute Gasteiger partial charge is 0.353 e. The van der Waals surface area contributed by atoms with Gasteiger partial charge in [-0.25, -0.2) is 4.98 Å². The molecule has 0 aliphatic rings. The van der Waals surface area contributed by atoms with Gasteiger partial charge in [0.1, 0.15) is 5.82 Å². The molecule has 0 spiro atoms. The van der Waals surface area contributed by atoms with Crippen molar-refractivity contribution in [2.75, 3.05) is 11.9 Å². The van der Waals surface area contributed by atoms with Gasteiger partial charge in [-0.05, 0) is 29.6 Å². The number of pyridine rings is 2. The number of hydrogen-bond donors (Lipinski definition) is 0. The first-order chi connectivity index (χ1) is 8.84. The lowest BCUT2D eigenvalue weighted by Crippen LogP contribution is -2.18. The van der Waals surface area contributed by atoms with E-state index in [2.05, 4.69) is 32.4 Å². The van der Waals surface area contributed by atoms with Crippen molar-refractivity contribution in [3.63, 3.8) is 0 Å². The van der Waals surface area contributed by atoms with Crippen LogP contribution in [0, 0.1) is 0 Å². The van der Waals surface area contributed by atoms with Crippen molar-refractivity contribution in [2.24, 2.45) is 0 Å². The molecule has 90 valence electrons. The van der Waals surface area contributed by atoms with E-state index in [1.165, 1.54) is 10.1 Å². The summed E-state index contributed by atoms with van der Waals surface area (Å²) in [5, 5.41) is 3.31. The van der Waals surface area contributed by atoms with Crippen LogP contribution in [-0.4, -0.2) is 17.0 Å². The molecule has 0 N–H and O–H groups in total. The Labute approximate surface area is 110 Å². The maximum Gasteiger partial charge on any atom is 0.137 e. The summed E-state index contributed by atoms with van der Waals surface area (Å²) in [6, 6.07) is 10.1. The second-order valence-corrected chi connectivity index (χ2v) is 5.09. The van der Waals surface area contributed by atoms with Gasteiger partial charge in [-0.2, -0.15) is 0 Å². The van der Waals surface area contributed by atoms with Crippen LogP contribution in [0.25, 0.3) is 10.1 Å². The summed E-state index contributed by atoms with van der Waals surface area (Å²) < 4.78 is 1.27. The maximum atomic E-state index is 4.48. The van der Waals surface area contributed by atoms with Crippen LogP contribution in [0.5, 0.6) is 0 Å². The molecule has 0 saturated heterocycles. The first-order valence-corrected chi connectivity index (χ1v) is 6.66. The number of anilines is 1. The van der Waals surface area contributed by atoms with Crippen LogP contribution in [0.3, 0.4) is 0 Å². The van der Waals surface area contributed by atoms with Crippen LogP contribution in [-0.2, 0) is 6.54 Å². The first kappa shape index (κ1) is 11.2. The Bertz CT molecular complexity index is 648. The summed E-state index contributed by atoms with van der Waals surface area (Å²) in [7, 11) is 2.05. The Hall–Kier alpha value is -1.94. The predicted octanol–water partition coefficient (Wildman–Crippen LogP) is 3.33. The summed E-state index contributed by atoms with van der Waals surface area (Å²) in [6.07, 6.45) is 3.69. The number of thiophene rings is 1. The highest BCUT2D eigenvalue weighted by Gasteiger charge is 2.09. The molecule has 0 aliphatic heterocycles. The van der Waals surface area contributed by atoms with Crippen LogP contribution in [0.15, 0.2) is 48.1 Å². The minimum absolute atomic E-state index is 0.767. The molecule has 0 aliphatic carbocycles. The summed E-state index contributed by atoms with van der Waals surface area (Å²) in [6.45, 7) is 0.767. The third kappa shape index (κ3) is 2.07. The Morgan fingerprint density at radius 1 is 1.11 bits per heavy atom. The van der Waals surface area contributed by atoms with Crippen molar-refractivity contribution >= 4 is 27.2 Å². The molecule has 0 unspecified atom stereocenters. The minimum Gasteiger partial charge on any atom is -0.353 e. The van der Waals surface area contributed by atoms with Gasteiger partial charge in [-0.3, -0.25) is 4.98 Å². The SMILES string of the molecule is CN(Cc1ccccn1)c1nccc2sccc12. The number of fused-ring (bicyclic) bond motifs is 1. The normalized spacial score (nSPS) is 10.7. The zero-order valence-corrected chi connectivity index (χ0v) is 10.9. The Balaban J connectivity index is 1.92. The molecule has 18 heavy (non-hydrogen) atoms. The highest BCUT2D eigenvalue weighted by atomic mass is 32.1. The van der Waals surface area contributed by atoms with E-state index in [0.29, 0.717) is 0 Å². The van der Waals surface area contributed by atoms with E-state index in [0.717, 1.165) is 18.1 Å². The number of nitrogens with zero attached hydrogens (tertiary/aromatic N) is 3. The van der Waals surface area contributed by atoms with Crippen molar-refractivity contribution in [2.45, 2.75) is 6.54 Å². The quantitative estimate of drug-likeness (QED) is 0.719. The minimum atomic E-state index is 0.767. The molecular weight excluding hydrogens is 242 g/mol. The van der Waals surface area contributed by atoms with E-state index in [4.69, 9.17) is 0 Å². The number of hydrogen-bond acceptors (Lipinski definition) is 4. The van der Waals surface area contributed by atoms with Gasteiger partial charge in [-0.15, -0.1) is 11.3 Å². The van der Waals surface area contributed by atoms with Gasteiger partial charge < -0.3 is 4.90 Å². The van der Waals surface area contributed by atoms with Crippen LogP contribution in [0.2, 0.25) is 0 Å². The zero-order chi connectivity index (χ0) is 12.4. The van der Waals surface area contributed by atoms with E-state index in [1.54, 1.807) is 11.3 Å². The average Bonchev–Trinajstić information content (AvgIpc) is 2.87. The second-order valence-electron chi connectivity index (χ2n) is 4.14. The molecule has 0 atom stereocenters. The van der Waals surface area contributed by atoms with Crippen LogP contribution in [0.1, 0.15) is 5.69 Å². The average molecular weight is 255 g/mol. The Morgan fingerprint density at radius 3 is 2.89 bits per heavy atom. The number of aromatic nitrogens is 2. The lowest BCUT2D eigenvalue weighted by atomic mass is 10.3. The van der Waals surface area contributed by atoms with Gasteiger partial charge in [0.2, 0.25) is 0 Å². The molecule has 3 heterocycles. The zero-order valence-electron chi connectivity index (χ0n) is 10.1. The van der Waals surface area contributed by atoms with Gasteiger partial charge in [0, 0.05) is 29.5 Å². The molecular formula is C14H13N3S. The van der Waals surface area contributed by atoms with Crippen molar-refractivity contribution in [3.8, 4) is 0 Å². The number of rotatable bonds is 3. The standard InChI is InChI=1S/C14H13N3S/c1-17(10-11-4-2-3-7-15-11)14-12-6-9-18-13(12)5-8-16-14/h2-9H,10H2,1H3. The summed E-state index contributed by atoms with van der Waals surface area (Å²) in [4.78, 5) is 11.0. The first-order valence-electron chi connectivity index (χ1n) is 5.78. The Morgan fingerprint density at radius 2 is 2.06 bits per heavy atom. The smallest absolute Gasteiger partial charge is 0.137 e. The second kappa shape index (κ2) is 4.74. The molecule has 0 saturated carbocycles. The van der Waals surface area contributed by atoms with Crippen LogP contribution in [0.4, 0.5) is 5.82 Å². The van der Waals surface area contributed by atoms with Crippen molar-refractivity contribution < 1.29 is 0 Å². The molecule has 3 rings (SSSR count). The van der Waals surface area contributed by atoms with Crippen molar-refractivity contribution in [1.29, 1.82) is 0 Å². The predicted molar refractivity (Wildman–Crippen MR) is 76.0 cm³/mol. The molecule has 0 bridgehead atoms. The third-order valence-electron chi connectivity index (χ3n) is 2.85. The fraction of sp³-hybridized carbons (Fsp3) is 0.143. The summed E-state index contributed by atoms with van der Waals surface area (Å²) >= 11 is 1.74. The summed E-state index contributed by atoms with van der Waals surface area (Å²) in [5.74, 6) is 1.01. The Kier molecular flexibility index (Phi) is 2.94. The van der Waals surface area contributed by atoms with Crippen LogP contribution >= 0.6 is 11.3 Å². The molecule has 3 nitrogen and oxygen atoms in total. The maximum absolute atomic E-state index is 4.48. The van der Waals surface area contributed by atoms with Gasteiger partial charge in [-0.1, -0.05) is 6.07 Å². The van der Waals surface area contributed by atoms with E-state index >= 15 is 0 Å². The van der Waals surface area contributed by atoms with Crippen molar-refractivity contribution in [3.05, 3.63) is 53.8 Å². The fourth-order valence-corrected chi connectivity index (χ4v) is 2.77. The summed E-state index contributed by atoms with van der Waals surface area (Å²) in [5.41, 5.74) is 1.05. The molecule has 0 fully saturated rings. The highest BCUT2D eigenvalue weighted by Crippen LogP contribution is 2.28. The van der Waals surface area contributed by atoms with Crippen LogP contribution < -0.4 is 4.90 Å². The van der Waals surface area contributed by atoms with Crippen molar-refractivity contribution in [1.82, 2.24) is 9.97 Å². The van der Waals surface area contributed by atoms with Gasteiger partial charge in [0.15, 0.2) is 0 Å². The van der Waals surface area contributed by atoms with E-state index in [-0.39, 0.29) is 0 Å². The van der Waals surface area contributed by atoms with Gasteiger partial charge >= 0.3 is 0 Å². The third-order valence-corrected chi connectivity index (χ3v) is 3.73. The van der Waals surface area contributed by atoms with Gasteiger partial charge in [0.25, 0.3) is 0 Å². The highest BCUT2D eigenvalue weighted by molar-refractivity contribution is 7.17. The molecule has 3 aromatic heterocycles.